The number of carbonyl (C=O) groups is 1. The molecule has 1 fully saturated rings. The maximum Gasteiger partial charge on any atom is 0.233 e. The van der Waals surface area contributed by atoms with E-state index in [0.29, 0.717) is 17.3 Å². The third kappa shape index (κ3) is 3.75. The highest BCUT2D eigenvalue weighted by Gasteiger charge is 2.34. The van der Waals surface area contributed by atoms with Gasteiger partial charge in [0, 0.05) is 0 Å². The lowest BCUT2D eigenvalue weighted by Gasteiger charge is -2.27. The van der Waals surface area contributed by atoms with Crippen molar-refractivity contribution in [2.45, 2.75) is 11.5 Å². The minimum absolute atomic E-state index is 0.0276. The summed E-state index contributed by atoms with van der Waals surface area (Å²) < 4.78 is 10.6. The van der Waals surface area contributed by atoms with E-state index >= 15 is 0 Å². The Hall–Kier alpha value is -2.18. The van der Waals surface area contributed by atoms with Gasteiger partial charge in [0.1, 0.15) is 5.37 Å². The van der Waals surface area contributed by atoms with E-state index in [0.717, 1.165) is 11.1 Å². The van der Waals surface area contributed by atoms with E-state index in [1.807, 2.05) is 48.5 Å². The number of rotatable bonds is 6. The van der Waals surface area contributed by atoms with E-state index in [9.17, 15) is 9.90 Å². The zero-order chi connectivity index (χ0) is 17.8. The molecular weight excluding hydrogens is 338 g/mol. The van der Waals surface area contributed by atoms with Crippen LogP contribution in [0.2, 0.25) is 0 Å². The van der Waals surface area contributed by atoms with Gasteiger partial charge in [-0.15, -0.1) is 11.8 Å². The molecule has 0 aliphatic carbocycles. The number of aliphatic hydroxyl groups is 1. The summed E-state index contributed by atoms with van der Waals surface area (Å²) in [5, 5.41) is 10.4. The Balaban J connectivity index is 1.82. The molecule has 0 bridgehead atoms. The summed E-state index contributed by atoms with van der Waals surface area (Å²) in [4.78, 5) is 14.1. The third-order valence-corrected chi connectivity index (χ3v) is 5.47. The minimum Gasteiger partial charge on any atom is -0.493 e. The van der Waals surface area contributed by atoms with E-state index in [4.69, 9.17) is 9.47 Å². The first-order valence-corrected chi connectivity index (χ1v) is 9.05. The van der Waals surface area contributed by atoms with E-state index in [-0.39, 0.29) is 17.8 Å². The molecule has 3 rings (SSSR count). The first-order valence-electron chi connectivity index (χ1n) is 8.00. The van der Waals surface area contributed by atoms with Gasteiger partial charge in [-0.05, 0) is 23.3 Å². The van der Waals surface area contributed by atoms with Crippen molar-refractivity contribution in [1.82, 2.24) is 4.90 Å². The summed E-state index contributed by atoms with van der Waals surface area (Å²) in [7, 11) is 3.18. The van der Waals surface area contributed by atoms with E-state index in [1.165, 1.54) is 0 Å². The number of hydrogen-bond acceptors (Lipinski definition) is 5. The molecule has 6 heteroatoms. The molecule has 1 aliphatic heterocycles. The second-order valence-corrected chi connectivity index (χ2v) is 6.82. The number of carbonyl (C=O) groups excluding carboxylic acids is 1. The van der Waals surface area contributed by atoms with Gasteiger partial charge in [-0.25, -0.2) is 0 Å². The van der Waals surface area contributed by atoms with Gasteiger partial charge in [0.2, 0.25) is 5.91 Å². The molecule has 132 valence electrons. The van der Waals surface area contributed by atoms with Crippen molar-refractivity contribution in [1.29, 1.82) is 0 Å². The van der Waals surface area contributed by atoms with Crippen LogP contribution >= 0.6 is 11.8 Å². The van der Waals surface area contributed by atoms with Crippen LogP contribution in [-0.4, -0.2) is 42.4 Å². The molecule has 5 nitrogen and oxygen atoms in total. The normalized spacial score (nSPS) is 18.3. The molecule has 1 amide bonds. The van der Waals surface area contributed by atoms with Crippen LogP contribution in [-0.2, 0) is 4.79 Å². The number of amides is 1. The van der Waals surface area contributed by atoms with Crippen molar-refractivity contribution in [3.05, 3.63) is 59.7 Å². The van der Waals surface area contributed by atoms with Crippen molar-refractivity contribution < 1.29 is 19.4 Å². The van der Waals surface area contributed by atoms with Crippen molar-refractivity contribution in [3.8, 4) is 11.5 Å². The molecule has 1 heterocycles. The number of ether oxygens (including phenoxy) is 2. The van der Waals surface area contributed by atoms with Crippen LogP contribution in [0.5, 0.6) is 11.5 Å². The standard InChI is InChI=1S/C19H21NO4S/c1-23-16-9-8-14(10-17(16)24-2)19-20(18(22)12-25-19)11-15(21)13-6-4-3-5-7-13/h3-10,15,19,21H,11-12H2,1-2H3/t15-,19+/m1/s1. The highest BCUT2D eigenvalue weighted by atomic mass is 32.2. The van der Waals surface area contributed by atoms with E-state index in [1.54, 1.807) is 30.9 Å². The van der Waals surface area contributed by atoms with Gasteiger partial charge in [0.15, 0.2) is 11.5 Å². The number of benzene rings is 2. The van der Waals surface area contributed by atoms with Crippen LogP contribution in [0.1, 0.15) is 22.6 Å². The fraction of sp³-hybridized carbons (Fsp3) is 0.316. The van der Waals surface area contributed by atoms with Gasteiger partial charge >= 0.3 is 0 Å². The molecule has 0 unspecified atom stereocenters. The van der Waals surface area contributed by atoms with Crippen molar-refractivity contribution in [2.24, 2.45) is 0 Å². The molecule has 0 saturated carbocycles. The fourth-order valence-electron chi connectivity index (χ4n) is 2.90. The lowest BCUT2D eigenvalue weighted by molar-refractivity contribution is -0.129. The summed E-state index contributed by atoms with van der Waals surface area (Å²) in [6.45, 7) is 0.259. The molecule has 0 aromatic heterocycles. The number of aliphatic hydroxyl groups excluding tert-OH is 1. The Morgan fingerprint density at radius 1 is 1.16 bits per heavy atom. The highest BCUT2D eigenvalue weighted by Crippen LogP contribution is 2.42. The third-order valence-electron chi connectivity index (χ3n) is 4.21. The van der Waals surface area contributed by atoms with Crippen LogP contribution in [0.15, 0.2) is 48.5 Å². The highest BCUT2D eigenvalue weighted by molar-refractivity contribution is 8.00. The lowest BCUT2D eigenvalue weighted by atomic mass is 10.1. The Labute approximate surface area is 151 Å². The number of nitrogens with zero attached hydrogens (tertiary/aromatic N) is 1. The van der Waals surface area contributed by atoms with Gasteiger partial charge in [0.25, 0.3) is 0 Å². The van der Waals surface area contributed by atoms with Crippen LogP contribution in [0, 0.1) is 0 Å². The molecule has 2 aromatic carbocycles. The fourth-order valence-corrected chi connectivity index (χ4v) is 4.09. The van der Waals surface area contributed by atoms with E-state index in [2.05, 4.69) is 0 Å². The lowest BCUT2D eigenvalue weighted by Crippen LogP contribution is -2.32. The average Bonchev–Trinajstić information content (AvgIpc) is 3.02. The van der Waals surface area contributed by atoms with Gasteiger partial charge in [-0.1, -0.05) is 36.4 Å². The largest absolute Gasteiger partial charge is 0.493 e. The number of hydrogen-bond donors (Lipinski definition) is 1. The first-order chi connectivity index (χ1) is 12.1. The van der Waals surface area contributed by atoms with Crippen molar-refractivity contribution in [3.63, 3.8) is 0 Å². The molecule has 1 saturated heterocycles. The second-order valence-electron chi connectivity index (χ2n) is 5.75. The quantitative estimate of drug-likeness (QED) is 0.859. The summed E-state index contributed by atoms with van der Waals surface area (Å²) in [5.41, 5.74) is 1.76. The molecule has 2 atom stereocenters. The SMILES string of the molecule is COc1ccc([C@@H]2SCC(=O)N2C[C@@H](O)c2ccccc2)cc1OC. The van der Waals surface area contributed by atoms with Gasteiger partial charge in [0.05, 0.1) is 32.6 Å². The molecule has 0 radical (unpaired) electrons. The predicted molar refractivity (Wildman–Crippen MR) is 97.9 cm³/mol. The maximum absolute atomic E-state index is 12.3. The van der Waals surface area contributed by atoms with Gasteiger partial charge in [-0.2, -0.15) is 0 Å². The van der Waals surface area contributed by atoms with Crippen molar-refractivity contribution >= 4 is 17.7 Å². The zero-order valence-corrected chi connectivity index (χ0v) is 15.0. The maximum atomic E-state index is 12.3. The average molecular weight is 359 g/mol. The van der Waals surface area contributed by atoms with Crippen molar-refractivity contribution in [2.75, 3.05) is 26.5 Å². The zero-order valence-electron chi connectivity index (χ0n) is 14.2. The predicted octanol–water partition coefficient (Wildman–Crippen LogP) is 3.01. The monoisotopic (exact) mass is 359 g/mol. The molecule has 1 aliphatic rings. The first kappa shape index (κ1) is 17.6. The topological polar surface area (TPSA) is 59.0 Å². The van der Waals surface area contributed by atoms with Crippen LogP contribution in [0.25, 0.3) is 0 Å². The molecule has 0 spiro atoms. The van der Waals surface area contributed by atoms with Crippen LogP contribution in [0.4, 0.5) is 0 Å². The molecule has 25 heavy (non-hydrogen) atoms. The van der Waals surface area contributed by atoms with E-state index < -0.39 is 6.10 Å². The Morgan fingerprint density at radius 3 is 2.56 bits per heavy atom. The van der Waals surface area contributed by atoms with Gasteiger partial charge < -0.3 is 19.5 Å². The van der Waals surface area contributed by atoms with Crippen LogP contribution < -0.4 is 9.47 Å². The smallest absolute Gasteiger partial charge is 0.233 e. The summed E-state index contributed by atoms with van der Waals surface area (Å²) >= 11 is 1.55. The molecule has 1 N–H and O–H groups in total. The summed E-state index contributed by atoms with van der Waals surface area (Å²) in [6, 6.07) is 15.0. The number of β-amino-alcohol motifs (C(OH)–C–C–N with tert-alkyl or cyclic N) is 1. The van der Waals surface area contributed by atoms with Crippen LogP contribution in [0.3, 0.4) is 0 Å². The minimum atomic E-state index is -0.716. The second kappa shape index (κ2) is 7.80. The summed E-state index contributed by atoms with van der Waals surface area (Å²) in [5.74, 6) is 1.71. The molecule has 2 aromatic rings. The van der Waals surface area contributed by atoms with Gasteiger partial charge in [-0.3, -0.25) is 4.79 Å². The number of methoxy groups -OCH3 is 2. The summed E-state index contributed by atoms with van der Waals surface area (Å²) in [6.07, 6.45) is -0.716. The Kier molecular flexibility index (Phi) is 5.50. The Bertz CT molecular complexity index is 737. The molecular formula is C19H21NO4S. The number of thioether (sulfide) groups is 1. The Morgan fingerprint density at radius 2 is 1.88 bits per heavy atom.